The van der Waals surface area contributed by atoms with E-state index in [-0.39, 0.29) is 0 Å². The third-order valence-electron chi connectivity index (χ3n) is 2.74. The molecular formula is C13H15ClO4. The SMILES string of the molecule is COC(=O)[C@@H]1OC(C)(C)O[C@H]1c1ccccc1Cl. The van der Waals surface area contributed by atoms with E-state index in [2.05, 4.69) is 0 Å². The second kappa shape index (κ2) is 4.88. The Balaban J connectivity index is 2.35. The van der Waals surface area contributed by atoms with Crippen molar-refractivity contribution in [2.24, 2.45) is 0 Å². The molecule has 0 spiro atoms. The van der Waals surface area contributed by atoms with Crippen molar-refractivity contribution in [3.05, 3.63) is 34.9 Å². The van der Waals surface area contributed by atoms with Crippen LogP contribution < -0.4 is 0 Å². The molecule has 2 rings (SSSR count). The first-order valence-electron chi connectivity index (χ1n) is 5.62. The second-order valence-corrected chi connectivity index (χ2v) is 4.93. The Bertz CT molecular complexity index is 458. The van der Waals surface area contributed by atoms with Gasteiger partial charge in [-0.25, -0.2) is 4.79 Å². The van der Waals surface area contributed by atoms with Gasteiger partial charge in [-0.3, -0.25) is 0 Å². The predicted molar refractivity (Wildman–Crippen MR) is 66.2 cm³/mol. The van der Waals surface area contributed by atoms with E-state index in [9.17, 15) is 4.79 Å². The molecule has 0 unspecified atom stereocenters. The van der Waals surface area contributed by atoms with E-state index in [4.69, 9.17) is 25.8 Å². The zero-order valence-corrected chi connectivity index (χ0v) is 11.2. The molecule has 18 heavy (non-hydrogen) atoms. The maximum absolute atomic E-state index is 11.7. The molecule has 1 saturated heterocycles. The molecule has 0 aliphatic carbocycles. The molecule has 4 nitrogen and oxygen atoms in total. The number of carbonyl (C=O) groups excluding carboxylic acids is 1. The normalized spacial score (nSPS) is 26.0. The van der Waals surface area contributed by atoms with Gasteiger partial charge in [-0.2, -0.15) is 0 Å². The van der Waals surface area contributed by atoms with E-state index >= 15 is 0 Å². The fraction of sp³-hybridized carbons (Fsp3) is 0.462. The molecule has 1 fully saturated rings. The first-order chi connectivity index (χ1) is 8.44. The van der Waals surface area contributed by atoms with Crippen LogP contribution >= 0.6 is 11.6 Å². The molecule has 2 atom stereocenters. The van der Waals surface area contributed by atoms with Gasteiger partial charge in [-0.1, -0.05) is 29.8 Å². The number of benzene rings is 1. The summed E-state index contributed by atoms with van der Waals surface area (Å²) >= 11 is 6.12. The molecule has 1 aliphatic heterocycles. The molecule has 1 aromatic rings. The number of hydrogen-bond acceptors (Lipinski definition) is 4. The highest BCUT2D eigenvalue weighted by atomic mass is 35.5. The minimum atomic E-state index is -0.845. The molecule has 98 valence electrons. The summed E-state index contributed by atoms with van der Waals surface area (Å²) in [5, 5.41) is 0.540. The summed E-state index contributed by atoms with van der Waals surface area (Å²) in [5.74, 6) is -1.31. The van der Waals surface area contributed by atoms with Crippen molar-refractivity contribution in [2.45, 2.75) is 31.8 Å². The molecule has 0 N–H and O–H groups in total. The fourth-order valence-electron chi connectivity index (χ4n) is 1.98. The lowest BCUT2D eigenvalue weighted by Crippen LogP contribution is -2.29. The third kappa shape index (κ3) is 2.51. The lowest BCUT2D eigenvalue weighted by Gasteiger charge is -2.17. The van der Waals surface area contributed by atoms with Crippen molar-refractivity contribution in [1.82, 2.24) is 0 Å². The summed E-state index contributed by atoms with van der Waals surface area (Å²) in [6, 6.07) is 7.22. The highest BCUT2D eigenvalue weighted by molar-refractivity contribution is 6.31. The summed E-state index contributed by atoms with van der Waals surface area (Å²) in [5.41, 5.74) is 0.722. The van der Waals surface area contributed by atoms with Crippen LogP contribution in [0.25, 0.3) is 0 Å². The third-order valence-corrected chi connectivity index (χ3v) is 3.09. The summed E-state index contributed by atoms with van der Waals surface area (Å²) < 4.78 is 16.0. The molecular weight excluding hydrogens is 256 g/mol. The predicted octanol–water partition coefficient (Wildman–Crippen LogP) is 2.71. The van der Waals surface area contributed by atoms with E-state index in [0.717, 1.165) is 5.56 Å². The van der Waals surface area contributed by atoms with Gasteiger partial charge in [0.1, 0.15) is 6.10 Å². The van der Waals surface area contributed by atoms with Crippen LogP contribution in [-0.4, -0.2) is 25.0 Å². The average molecular weight is 271 g/mol. The lowest BCUT2D eigenvalue weighted by molar-refractivity contribution is -0.168. The molecule has 0 radical (unpaired) electrons. The van der Waals surface area contributed by atoms with Gasteiger partial charge in [0.2, 0.25) is 0 Å². The van der Waals surface area contributed by atoms with Crippen molar-refractivity contribution in [1.29, 1.82) is 0 Å². The van der Waals surface area contributed by atoms with Crippen LogP contribution in [0.4, 0.5) is 0 Å². The Morgan fingerprint density at radius 1 is 1.33 bits per heavy atom. The molecule has 1 aromatic carbocycles. The molecule has 1 heterocycles. The summed E-state index contributed by atoms with van der Waals surface area (Å²) in [6.45, 7) is 3.50. The molecule has 1 aliphatic rings. The molecule has 0 aromatic heterocycles. The number of methoxy groups -OCH3 is 1. The summed E-state index contributed by atoms with van der Waals surface area (Å²) in [6.07, 6.45) is -1.36. The Hall–Kier alpha value is -1.10. The lowest BCUT2D eigenvalue weighted by atomic mass is 10.0. The highest BCUT2D eigenvalue weighted by Crippen LogP contribution is 2.40. The Kier molecular flexibility index (Phi) is 3.61. The van der Waals surface area contributed by atoms with E-state index in [0.29, 0.717) is 5.02 Å². The number of halogens is 1. The van der Waals surface area contributed by atoms with Crippen LogP contribution in [0.1, 0.15) is 25.5 Å². The topological polar surface area (TPSA) is 44.8 Å². The van der Waals surface area contributed by atoms with Crippen molar-refractivity contribution >= 4 is 17.6 Å². The van der Waals surface area contributed by atoms with Crippen LogP contribution in [0.3, 0.4) is 0 Å². The van der Waals surface area contributed by atoms with Gasteiger partial charge in [0.05, 0.1) is 7.11 Å². The smallest absolute Gasteiger partial charge is 0.338 e. The maximum Gasteiger partial charge on any atom is 0.338 e. The largest absolute Gasteiger partial charge is 0.467 e. The first kappa shape index (κ1) is 13.3. The van der Waals surface area contributed by atoms with Crippen LogP contribution in [0.5, 0.6) is 0 Å². The Morgan fingerprint density at radius 3 is 2.61 bits per heavy atom. The minimum absolute atomic E-state index is 0.467. The fourth-order valence-corrected chi connectivity index (χ4v) is 2.23. The first-order valence-corrected chi connectivity index (χ1v) is 6.00. The number of carbonyl (C=O) groups is 1. The number of rotatable bonds is 2. The van der Waals surface area contributed by atoms with Crippen molar-refractivity contribution < 1.29 is 19.0 Å². The number of hydrogen-bond donors (Lipinski definition) is 0. The van der Waals surface area contributed by atoms with Gasteiger partial charge in [0, 0.05) is 10.6 Å². The molecule has 5 heteroatoms. The van der Waals surface area contributed by atoms with Gasteiger partial charge in [0.15, 0.2) is 11.9 Å². The average Bonchev–Trinajstić information content (AvgIpc) is 2.65. The van der Waals surface area contributed by atoms with Crippen LogP contribution in [0.2, 0.25) is 5.02 Å². The minimum Gasteiger partial charge on any atom is -0.467 e. The van der Waals surface area contributed by atoms with Crippen LogP contribution in [0.15, 0.2) is 24.3 Å². The zero-order valence-electron chi connectivity index (χ0n) is 10.5. The highest BCUT2D eigenvalue weighted by Gasteiger charge is 2.47. The van der Waals surface area contributed by atoms with Crippen molar-refractivity contribution in [3.8, 4) is 0 Å². The molecule has 0 amide bonds. The zero-order chi connectivity index (χ0) is 13.3. The van der Waals surface area contributed by atoms with Crippen molar-refractivity contribution in [3.63, 3.8) is 0 Å². The Labute approximate surface area is 111 Å². The van der Waals surface area contributed by atoms with Gasteiger partial charge in [-0.05, 0) is 19.9 Å². The summed E-state index contributed by atoms with van der Waals surface area (Å²) in [4.78, 5) is 11.7. The van der Waals surface area contributed by atoms with Gasteiger partial charge in [-0.15, -0.1) is 0 Å². The van der Waals surface area contributed by atoms with E-state index in [1.54, 1.807) is 19.9 Å². The van der Waals surface area contributed by atoms with Crippen LogP contribution in [-0.2, 0) is 19.0 Å². The standard InChI is InChI=1S/C13H15ClO4/c1-13(2)17-10(11(18-13)12(15)16-3)8-6-4-5-7-9(8)14/h4-7,10-11H,1-3H3/t10-,11+/m0/s1. The Morgan fingerprint density at radius 2 is 2.00 bits per heavy atom. The van der Waals surface area contributed by atoms with E-state index < -0.39 is 24.0 Å². The number of ether oxygens (including phenoxy) is 3. The van der Waals surface area contributed by atoms with E-state index in [1.165, 1.54) is 7.11 Å². The maximum atomic E-state index is 11.7. The molecule has 0 saturated carbocycles. The number of esters is 1. The summed E-state index contributed by atoms with van der Waals surface area (Å²) in [7, 11) is 1.32. The molecule has 0 bridgehead atoms. The van der Waals surface area contributed by atoms with Gasteiger partial charge >= 0.3 is 5.97 Å². The van der Waals surface area contributed by atoms with E-state index in [1.807, 2.05) is 18.2 Å². The van der Waals surface area contributed by atoms with Crippen LogP contribution in [0, 0.1) is 0 Å². The monoisotopic (exact) mass is 270 g/mol. The quantitative estimate of drug-likeness (QED) is 0.775. The second-order valence-electron chi connectivity index (χ2n) is 4.52. The van der Waals surface area contributed by atoms with Crippen molar-refractivity contribution in [2.75, 3.05) is 7.11 Å². The van der Waals surface area contributed by atoms with Gasteiger partial charge < -0.3 is 14.2 Å². The van der Waals surface area contributed by atoms with Gasteiger partial charge in [0.25, 0.3) is 0 Å².